The van der Waals surface area contributed by atoms with E-state index in [0.717, 1.165) is 25.7 Å². The van der Waals surface area contributed by atoms with Gasteiger partial charge in [0.1, 0.15) is 0 Å². The lowest BCUT2D eigenvalue weighted by Gasteiger charge is -2.25. The monoisotopic (exact) mass is 311 g/mol. The zero-order chi connectivity index (χ0) is 16.8. The van der Waals surface area contributed by atoms with Crippen LogP contribution in [0.15, 0.2) is 0 Å². The van der Waals surface area contributed by atoms with E-state index >= 15 is 0 Å². The molecule has 130 valence electrons. The Morgan fingerprint density at radius 1 is 0.682 bits per heavy atom. The maximum absolute atomic E-state index is 12.3. The minimum atomic E-state index is -0.0220. The fourth-order valence-electron chi connectivity index (χ4n) is 2.72. The lowest BCUT2D eigenvalue weighted by atomic mass is 10.1. The van der Waals surface area contributed by atoms with Crippen molar-refractivity contribution in [2.24, 2.45) is 0 Å². The van der Waals surface area contributed by atoms with Crippen molar-refractivity contribution in [3.05, 3.63) is 0 Å². The topological polar surface area (TPSA) is 37.4 Å². The number of rotatable bonds is 13. The summed E-state index contributed by atoms with van der Waals surface area (Å²) >= 11 is 0. The molecule has 0 radical (unpaired) electrons. The Morgan fingerprint density at radius 2 is 1.05 bits per heavy atom. The number of nitrogens with zero attached hydrogens (tertiary/aromatic N) is 1. The van der Waals surface area contributed by atoms with Crippen LogP contribution in [0.2, 0.25) is 0 Å². The lowest BCUT2D eigenvalue weighted by Crippen LogP contribution is -2.41. The second kappa shape index (κ2) is 13.8. The van der Waals surface area contributed by atoms with E-state index in [1.807, 2.05) is 13.8 Å². The normalized spacial score (nSPS) is 11.0. The second-order valence-electron chi connectivity index (χ2n) is 6.58. The molecule has 0 aromatic rings. The standard InChI is InChI=1S/C19H37NO2/c1-5-7-9-11-13-15-18(21)20(17(3)4)19(22)16-14-12-10-8-6-2/h17H,5-16H2,1-4H3. The summed E-state index contributed by atoms with van der Waals surface area (Å²) in [5, 5.41) is 0. The fourth-order valence-corrected chi connectivity index (χ4v) is 2.72. The number of amides is 2. The number of hydrogen-bond acceptors (Lipinski definition) is 2. The third-order valence-corrected chi connectivity index (χ3v) is 4.04. The Labute approximate surface area is 137 Å². The summed E-state index contributed by atoms with van der Waals surface area (Å²) in [6, 6.07) is -0.0220. The van der Waals surface area contributed by atoms with Crippen molar-refractivity contribution in [1.29, 1.82) is 0 Å². The van der Waals surface area contributed by atoms with E-state index in [-0.39, 0.29) is 17.9 Å². The van der Waals surface area contributed by atoms with E-state index in [1.54, 1.807) is 0 Å². The zero-order valence-electron chi connectivity index (χ0n) is 15.3. The minimum absolute atomic E-state index is 0.0186. The first kappa shape index (κ1) is 21.1. The predicted octanol–water partition coefficient (Wildman–Crippen LogP) is 5.47. The molecule has 0 fully saturated rings. The summed E-state index contributed by atoms with van der Waals surface area (Å²) in [6.07, 6.45) is 12.3. The molecule has 0 unspecified atom stereocenters. The summed E-state index contributed by atoms with van der Waals surface area (Å²) in [7, 11) is 0. The maximum Gasteiger partial charge on any atom is 0.229 e. The van der Waals surface area contributed by atoms with Gasteiger partial charge in [-0.3, -0.25) is 14.5 Å². The highest BCUT2D eigenvalue weighted by Gasteiger charge is 2.23. The van der Waals surface area contributed by atoms with Crippen molar-refractivity contribution < 1.29 is 9.59 Å². The average molecular weight is 312 g/mol. The van der Waals surface area contributed by atoms with Gasteiger partial charge in [-0.1, -0.05) is 65.2 Å². The minimum Gasteiger partial charge on any atom is -0.280 e. The van der Waals surface area contributed by atoms with E-state index in [2.05, 4.69) is 13.8 Å². The molecule has 0 spiro atoms. The summed E-state index contributed by atoms with van der Waals surface area (Å²) in [5.41, 5.74) is 0. The third-order valence-electron chi connectivity index (χ3n) is 4.04. The van der Waals surface area contributed by atoms with Gasteiger partial charge in [0.05, 0.1) is 0 Å². The van der Waals surface area contributed by atoms with Gasteiger partial charge in [-0.05, 0) is 26.7 Å². The van der Waals surface area contributed by atoms with E-state index < -0.39 is 0 Å². The second-order valence-corrected chi connectivity index (χ2v) is 6.58. The molecule has 0 heterocycles. The van der Waals surface area contributed by atoms with Crippen LogP contribution in [0, 0.1) is 0 Å². The van der Waals surface area contributed by atoms with Gasteiger partial charge < -0.3 is 0 Å². The summed E-state index contributed by atoms with van der Waals surface area (Å²) in [5.74, 6) is 0.0371. The van der Waals surface area contributed by atoms with E-state index in [1.165, 1.54) is 43.4 Å². The molecule has 22 heavy (non-hydrogen) atoms. The Hall–Kier alpha value is -0.860. The number of unbranched alkanes of at least 4 members (excludes halogenated alkanes) is 8. The zero-order valence-corrected chi connectivity index (χ0v) is 15.3. The fraction of sp³-hybridized carbons (Fsp3) is 0.895. The molecule has 0 aromatic carbocycles. The van der Waals surface area contributed by atoms with Gasteiger partial charge in [0.15, 0.2) is 0 Å². The molecule has 0 aliphatic carbocycles. The van der Waals surface area contributed by atoms with Crippen LogP contribution >= 0.6 is 0 Å². The van der Waals surface area contributed by atoms with Crippen molar-refractivity contribution in [3.63, 3.8) is 0 Å². The SMILES string of the molecule is CCCCCCCC(=O)N(C(=O)CCCCCCC)C(C)C. The summed E-state index contributed by atoms with van der Waals surface area (Å²) in [4.78, 5) is 26.1. The van der Waals surface area contributed by atoms with Crippen molar-refractivity contribution in [2.45, 2.75) is 111 Å². The molecule has 3 nitrogen and oxygen atoms in total. The van der Waals surface area contributed by atoms with Gasteiger partial charge in [0.2, 0.25) is 11.8 Å². The van der Waals surface area contributed by atoms with Gasteiger partial charge >= 0.3 is 0 Å². The van der Waals surface area contributed by atoms with Gasteiger partial charge in [-0.2, -0.15) is 0 Å². The van der Waals surface area contributed by atoms with Crippen LogP contribution in [0.5, 0.6) is 0 Å². The predicted molar refractivity (Wildman–Crippen MR) is 93.7 cm³/mol. The molecule has 2 amide bonds. The van der Waals surface area contributed by atoms with Crippen LogP contribution in [-0.4, -0.2) is 22.8 Å². The molecule has 3 heteroatoms. The number of imide groups is 1. The number of carbonyl (C=O) groups excluding carboxylic acids is 2. The first-order chi connectivity index (χ1) is 10.5. The Balaban J connectivity index is 4.10. The Bertz CT molecular complexity index is 274. The van der Waals surface area contributed by atoms with Gasteiger partial charge in [-0.25, -0.2) is 0 Å². The molecular formula is C19H37NO2. The van der Waals surface area contributed by atoms with E-state index in [9.17, 15) is 9.59 Å². The smallest absolute Gasteiger partial charge is 0.229 e. The molecule has 0 N–H and O–H groups in total. The molecule has 0 rings (SSSR count). The number of carbonyl (C=O) groups is 2. The van der Waals surface area contributed by atoms with Crippen LogP contribution < -0.4 is 0 Å². The molecule has 0 saturated heterocycles. The molecule has 0 atom stereocenters. The highest BCUT2D eigenvalue weighted by Crippen LogP contribution is 2.13. The van der Waals surface area contributed by atoms with Gasteiger partial charge in [0.25, 0.3) is 0 Å². The van der Waals surface area contributed by atoms with Crippen molar-refractivity contribution >= 4 is 11.8 Å². The maximum atomic E-state index is 12.3. The molecule has 0 aliphatic heterocycles. The third kappa shape index (κ3) is 9.97. The first-order valence-electron chi connectivity index (χ1n) is 9.39. The van der Waals surface area contributed by atoms with Crippen LogP contribution in [0.1, 0.15) is 105 Å². The average Bonchev–Trinajstić information content (AvgIpc) is 2.46. The first-order valence-corrected chi connectivity index (χ1v) is 9.39. The Morgan fingerprint density at radius 3 is 1.36 bits per heavy atom. The summed E-state index contributed by atoms with van der Waals surface area (Å²) in [6.45, 7) is 8.24. The largest absolute Gasteiger partial charge is 0.280 e. The van der Waals surface area contributed by atoms with Gasteiger partial charge in [0, 0.05) is 18.9 Å². The highest BCUT2D eigenvalue weighted by atomic mass is 16.2. The van der Waals surface area contributed by atoms with Crippen LogP contribution in [0.3, 0.4) is 0 Å². The molecule has 0 aromatic heterocycles. The van der Waals surface area contributed by atoms with Crippen molar-refractivity contribution in [3.8, 4) is 0 Å². The van der Waals surface area contributed by atoms with Crippen molar-refractivity contribution in [2.75, 3.05) is 0 Å². The van der Waals surface area contributed by atoms with Crippen LogP contribution in [0.4, 0.5) is 0 Å². The highest BCUT2D eigenvalue weighted by molar-refractivity contribution is 5.95. The summed E-state index contributed by atoms with van der Waals surface area (Å²) < 4.78 is 0. The Kier molecular flexibility index (Phi) is 13.2. The molecule has 0 saturated carbocycles. The van der Waals surface area contributed by atoms with E-state index in [0.29, 0.717) is 12.8 Å². The van der Waals surface area contributed by atoms with Gasteiger partial charge in [-0.15, -0.1) is 0 Å². The molecule has 0 bridgehead atoms. The van der Waals surface area contributed by atoms with Crippen LogP contribution in [0.25, 0.3) is 0 Å². The number of hydrogen-bond donors (Lipinski definition) is 0. The van der Waals surface area contributed by atoms with Crippen molar-refractivity contribution in [1.82, 2.24) is 4.90 Å². The quantitative estimate of drug-likeness (QED) is 0.423. The van der Waals surface area contributed by atoms with E-state index in [4.69, 9.17) is 0 Å². The lowest BCUT2D eigenvalue weighted by molar-refractivity contribution is -0.147. The van der Waals surface area contributed by atoms with Crippen LogP contribution in [-0.2, 0) is 9.59 Å². The molecular weight excluding hydrogens is 274 g/mol. The molecule has 0 aliphatic rings.